The Hall–Kier alpha value is -1.13. The van der Waals surface area contributed by atoms with Gasteiger partial charge in [-0.3, -0.25) is 4.79 Å². The lowest BCUT2D eigenvalue weighted by atomic mass is 10.2. The van der Waals surface area contributed by atoms with Crippen LogP contribution < -0.4 is 0 Å². The maximum Gasteiger partial charge on any atom is 0.256 e. The SMILES string of the molecule is CCCN(CCO)C(=O)c1cc(Cl)ccc1F. The van der Waals surface area contributed by atoms with Gasteiger partial charge in [0.25, 0.3) is 5.91 Å². The van der Waals surface area contributed by atoms with Crippen LogP contribution in [0.3, 0.4) is 0 Å². The summed E-state index contributed by atoms with van der Waals surface area (Å²) in [5.41, 5.74) is -0.0561. The summed E-state index contributed by atoms with van der Waals surface area (Å²) < 4.78 is 13.5. The Morgan fingerprint density at radius 1 is 1.47 bits per heavy atom. The van der Waals surface area contributed by atoms with Gasteiger partial charge in [0.2, 0.25) is 0 Å². The Morgan fingerprint density at radius 3 is 2.76 bits per heavy atom. The molecule has 0 atom stereocenters. The molecule has 94 valence electrons. The quantitative estimate of drug-likeness (QED) is 0.882. The zero-order valence-corrected chi connectivity index (χ0v) is 10.4. The minimum Gasteiger partial charge on any atom is -0.395 e. The van der Waals surface area contributed by atoms with Crippen LogP contribution >= 0.6 is 11.6 Å². The fourth-order valence-electron chi connectivity index (χ4n) is 1.54. The van der Waals surface area contributed by atoms with E-state index in [-0.39, 0.29) is 18.7 Å². The monoisotopic (exact) mass is 259 g/mol. The van der Waals surface area contributed by atoms with Crippen molar-refractivity contribution >= 4 is 17.5 Å². The molecule has 0 saturated carbocycles. The highest BCUT2D eigenvalue weighted by Crippen LogP contribution is 2.16. The molecule has 1 N–H and O–H groups in total. The van der Waals surface area contributed by atoms with Crippen molar-refractivity contribution in [2.45, 2.75) is 13.3 Å². The Morgan fingerprint density at radius 2 is 2.18 bits per heavy atom. The second-order valence-corrected chi connectivity index (χ2v) is 4.08. The summed E-state index contributed by atoms with van der Waals surface area (Å²) in [5, 5.41) is 9.18. The number of aliphatic hydroxyl groups excluding tert-OH is 1. The predicted molar refractivity (Wildman–Crippen MR) is 64.7 cm³/mol. The molecule has 0 radical (unpaired) electrons. The summed E-state index contributed by atoms with van der Waals surface area (Å²) in [6.45, 7) is 2.43. The number of nitrogens with zero attached hydrogens (tertiary/aromatic N) is 1. The molecule has 5 heteroatoms. The normalized spacial score (nSPS) is 10.4. The van der Waals surface area contributed by atoms with E-state index in [2.05, 4.69) is 0 Å². The zero-order chi connectivity index (χ0) is 12.8. The van der Waals surface area contributed by atoms with E-state index >= 15 is 0 Å². The molecule has 0 bridgehead atoms. The number of carbonyl (C=O) groups excluding carboxylic acids is 1. The second kappa shape index (κ2) is 6.57. The predicted octanol–water partition coefficient (Wildman–Crippen LogP) is 2.32. The molecule has 0 saturated heterocycles. The summed E-state index contributed by atoms with van der Waals surface area (Å²) in [6, 6.07) is 3.86. The Labute approximate surface area is 105 Å². The van der Waals surface area contributed by atoms with Crippen LogP contribution in [-0.2, 0) is 0 Å². The number of amides is 1. The van der Waals surface area contributed by atoms with Crippen molar-refractivity contribution in [3.05, 3.63) is 34.6 Å². The van der Waals surface area contributed by atoms with Crippen LogP contribution in [0.25, 0.3) is 0 Å². The molecule has 1 aromatic carbocycles. The summed E-state index contributed by atoms with van der Waals surface area (Å²) in [6.07, 6.45) is 0.744. The first-order valence-electron chi connectivity index (χ1n) is 5.45. The number of rotatable bonds is 5. The van der Waals surface area contributed by atoms with Gasteiger partial charge in [0.15, 0.2) is 0 Å². The number of aliphatic hydroxyl groups is 1. The average Bonchev–Trinajstić information content (AvgIpc) is 2.31. The minimum absolute atomic E-state index is 0.0561. The third-order valence-corrected chi connectivity index (χ3v) is 2.54. The van der Waals surface area contributed by atoms with E-state index in [0.29, 0.717) is 11.6 Å². The molecular formula is C12H15ClFNO2. The van der Waals surface area contributed by atoms with Crippen LogP contribution in [0, 0.1) is 5.82 Å². The van der Waals surface area contributed by atoms with Gasteiger partial charge in [-0.25, -0.2) is 4.39 Å². The molecular weight excluding hydrogens is 245 g/mol. The first-order chi connectivity index (χ1) is 8.10. The fraction of sp³-hybridized carbons (Fsp3) is 0.417. The second-order valence-electron chi connectivity index (χ2n) is 3.64. The Kier molecular flexibility index (Phi) is 5.38. The molecule has 0 fully saturated rings. The van der Waals surface area contributed by atoms with Crippen LogP contribution in [0.5, 0.6) is 0 Å². The molecule has 0 aliphatic rings. The molecule has 1 amide bonds. The van der Waals surface area contributed by atoms with Gasteiger partial charge in [0.1, 0.15) is 5.82 Å². The van der Waals surface area contributed by atoms with Gasteiger partial charge in [-0.05, 0) is 24.6 Å². The van der Waals surface area contributed by atoms with E-state index in [1.807, 2.05) is 6.92 Å². The molecule has 1 aromatic rings. The highest BCUT2D eigenvalue weighted by Gasteiger charge is 2.18. The molecule has 0 heterocycles. The number of benzene rings is 1. The third-order valence-electron chi connectivity index (χ3n) is 2.31. The van der Waals surface area contributed by atoms with Gasteiger partial charge in [-0.2, -0.15) is 0 Å². The maximum atomic E-state index is 13.5. The van der Waals surface area contributed by atoms with Crippen LogP contribution in [0.1, 0.15) is 23.7 Å². The molecule has 3 nitrogen and oxygen atoms in total. The lowest BCUT2D eigenvalue weighted by Gasteiger charge is -2.21. The van der Waals surface area contributed by atoms with Gasteiger partial charge in [0, 0.05) is 18.1 Å². The molecule has 0 aliphatic heterocycles. The van der Waals surface area contributed by atoms with Crippen LogP contribution in [0.2, 0.25) is 5.02 Å². The molecule has 0 spiro atoms. The largest absolute Gasteiger partial charge is 0.395 e. The van der Waals surface area contributed by atoms with E-state index in [1.54, 1.807) is 0 Å². The number of hydrogen-bond donors (Lipinski definition) is 1. The Bertz CT molecular complexity index is 392. The maximum absolute atomic E-state index is 13.5. The van der Waals surface area contributed by atoms with E-state index in [4.69, 9.17) is 16.7 Å². The van der Waals surface area contributed by atoms with Crippen molar-refractivity contribution in [3.63, 3.8) is 0 Å². The van der Waals surface area contributed by atoms with Gasteiger partial charge < -0.3 is 10.0 Å². The van der Waals surface area contributed by atoms with Gasteiger partial charge in [-0.15, -0.1) is 0 Å². The van der Waals surface area contributed by atoms with Gasteiger partial charge in [-0.1, -0.05) is 18.5 Å². The van der Waals surface area contributed by atoms with E-state index in [9.17, 15) is 9.18 Å². The number of hydrogen-bond acceptors (Lipinski definition) is 2. The van der Waals surface area contributed by atoms with Crippen molar-refractivity contribution in [2.75, 3.05) is 19.7 Å². The van der Waals surface area contributed by atoms with E-state index in [1.165, 1.54) is 23.1 Å². The first kappa shape index (κ1) is 13.9. The van der Waals surface area contributed by atoms with E-state index < -0.39 is 11.7 Å². The standard InChI is InChI=1S/C12H15ClFNO2/c1-2-5-15(6-7-16)12(17)10-8-9(13)3-4-11(10)14/h3-4,8,16H,2,5-7H2,1H3. The van der Waals surface area contributed by atoms with Crippen molar-refractivity contribution in [3.8, 4) is 0 Å². The molecule has 1 rings (SSSR count). The summed E-state index contributed by atoms with van der Waals surface area (Å²) in [5.74, 6) is -1.04. The van der Waals surface area contributed by atoms with E-state index in [0.717, 1.165) is 6.42 Å². The molecule has 17 heavy (non-hydrogen) atoms. The topological polar surface area (TPSA) is 40.5 Å². The van der Waals surface area contributed by atoms with Crippen molar-refractivity contribution in [1.29, 1.82) is 0 Å². The van der Waals surface area contributed by atoms with Gasteiger partial charge in [0.05, 0.1) is 12.2 Å². The van der Waals surface area contributed by atoms with Crippen molar-refractivity contribution < 1.29 is 14.3 Å². The average molecular weight is 260 g/mol. The molecule has 0 unspecified atom stereocenters. The van der Waals surface area contributed by atoms with Crippen molar-refractivity contribution in [1.82, 2.24) is 4.90 Å². The van der Waals surface area contributed by atoms with Gasteiger partial charge >= 0.3 is 0 Å². The van der Waals surface area contributed by atoms with Crippen LogP contribution in [0.4, 0.5) is 4.39 Å². The Balaban J connectivity index is 2.95. The smallest absolute Gasteiger partial charge is 0.256 e. The third kappa shape index (κ3) is 3.68. The fourth-order valence-corrected chi connectivity index (χ4v) is 1.71. The van der Waals surface area contributed by atoms with Crippen molar-refractivity contribution in [2.24, 2.45) is 0 Å². The van der Waals surface area contributed by atoms with Crippen LogP contribution in [0.15, 0.2) is 18.2 Å². The number of halogens is 2. The summed E-state index contributed by atoms with van der Waals surface area (Å²) >= 11 is 5.73. The number of carbonyl (C=O) groups is 1. The zero-order valence-electron chi connectivity index (χ0n) is 9.62. The molecule has 0 aromatic heterocycles. The molecule has 0 aliphatic carbocycles. The lowest BCUT2D eigenvalue weighted by Crippen LogP contribution is -2.34. The highest BCUT2D eigenvalue weighted by molar-refractivity contribution is 6.30. The van der Waals surface area contributed by atoms with Crippen LogP contribution in [-0.4, -0.2) is 35.6 Å². The summed E-state index contributed by atoms with van der Waals surface area (Å²) in [4.78, 5) is 13.4. The minimum atomic E-state index is -0.599. The first-order valence-corrected chi connectivity index (χ1v) is 5.83. The summed E-state index contributed by atoms with van der Waals surface area (Å²) in [7, 11) is 0. The lowest BCUT2D eigenvalue weighted by molar-refractivity contribution is 0.0717. The highest BCUT2D eigenvalue weighted by atomic mass is 35.5.